The molecule has 1 saturated heterocycles. The lowest BCUT2D eigenvalue weighted by Crippen LogP contribution is -2.38. The summed E-state index contributed by atoms with van der Waals surface area (Å²) in [5, 5.41) is 4.01. The molecule has 1 fully saturated rings. The molecule has 6 nitrogen and oxygen atoms in total. The van der Waals surface area contributed by atoms with Gasteiger partial charge in [0.2, 0.25) is 11.3 Å². The minimum absolute atomic E-state index is 0.0765. The maximum absolute atomic E-state index is 13.7. The highest BCUT2D eigenvalue weighted by Gasteiger charge is 2.29. The van der Waals surface area contributed by atoms with Crippen molar-refractivity contribution in [3.05, 3.63) is 75.5 Å². The Morgan fingerprint density at radius 3 is 2.47 bits per heavy atom. The number of fused-ring (bicyclic) bond motifs is 1. The van der Waals surface area contributed by atoms with E-state index in [1.807, 2.05) is 65.0 Å². The Morgan fingerprint density at radius 2 is 1.84 bits per heavy atom. The fourth-order valence-corrected chi connectivity index (χ4v) is 4.96. The molecule has 202 valence electrons. The van der Waals surface area contributed by atoms with Crippen LogP contribution < -0.4 is 15.6 Å². The second-order valence-corrected chi connectivity index (χ2v) is 12.1. The number of hydrogen-bond acceptors (Lipinski definition) is 6. The number of rotatable bonds is 6. The van der Waals surface area contributed by atoms with Crippen LogP contribution in [0.25, 0.3) is 17.0 Å². The van der Waals surface area contributed by atoms with Crippen molar-refractivity contribution in [1.29, 1.82) is 0 Å². The standard InChI is InChI=1S/C32H40N2O4/c1-9-22-27(35)25-19-20(2)18-24(28(25)37-29(22)34-16-14-32(7,8)15-17-34)21(3)33-26-13-11-10-12-23(26)30(36)38-31(4,5)6/h9-13,18-19,21,33H,1,14-17H2,2-8H3/t21-/m1/s1. The number of para-hydroxylation sites is 1. The summed E-state index contributed by atoms with van der Waals surface area (Å²) >= 11 is 0. The van der Waals surface area contributed by atoms with Crippen LogP contribution in [0.2, 0.25) is 0 Å². The van der Waals surface area contributed by atoms with Crippen LogP contribution in [-0.2, 0) is 4.74 Å². The number of esters is 1. The molecule has 1 N–H and O–H groups in total. The summed E-state index contributed by atoms with van der Waals surface area (Å²) in [6.07, 6.45) is 3.65. The largest absolute Gasteiger partial charge is 0.456 e. The lowest BCUT2D eigenvalue weighted by Gasteiger charge is -2.37. The van der Waals surface area contributed by atoms with E-state index in [0.29, 0.717) is 33.7 Å². The van der Waals surface area contributed by atoms with Crippen LogP contribution in [0.5, 0.6) is 0 Å². The summed E-state index contributed by atoms with van der Waals surface area (Å²) in [5.74, 6) is 0.193. The molecule has 0 aliphatic carbocycles. The molecule has 38 heavy (non-hydrogen) atoms. The molecule has 1 aliphatic heterocycles. The van der Waals surface area contributed by atoms with Gasteiger partial charge >= 0.3 is 5.97 Å². The van der Waals surface area contributed by atoms with E-state index in [4.69, 9.17) is 9.15 Å². The molecule has 0 spiro atoms. The third-order valence-corrected chi connectivity index (χ3v) is 7.17. The number of hydrogen-bond donors (Lipinski definition) is 1. The van der Waals surface area contributed by atoms with Crippen molar-refractivity contribution in [2.45, 2.75) is 73.0 Å². The van der Waals surface area contributed by atoms with Crippen LogP contribution >= 0.6 is 0 Å². The van der Waals surface area contributed by atoms with Gasteiger partial charge in [0.25, 0.3) is 0 Å². The highest BCUT2D eigenvalue weighted by Crippen LogP contribution is 2.36. The Kier molecular flexibility index (Phi) is 7.46. The second kappa shape index (κ2) is 10.3. The number of nitrogens with one attached hydrogen (secondary N) is 1. The van der Waals surface area contributed by atoms with Gasteiger partial charge in [-0.1, -0.05) is 44.7 Å². The average molecular weight is 517 g/mol. The van der Waals surface area contributed by atoms with Crippen molar-refractivity contribution < 1.29 is 13.9 Å². The normalized spacial score (nSPS) is 16.2. The van der Waals surface area contributed by atoms with Crippen LogP contribution in [0.15, 0.2) is 52.2 Å². The quantitative estimate of drug-likeness (QED) is 0.342. The molecule has 1 aliphatic rings. The van der Waals surface area contributed by atoms with E-state index < -0.39 is 5.60 Å². The van der Waals surface area contributed by atoms with Crippen molar-refractivity contribution in [1.82, 2.24) is 0 Å². The van der Waals surface area contributed by atoms with E-state index in [1.54, 1.807) is 12.1 Å². The minimum atomic E-state index is -0.602. The highest BCUT2D eigenvalue weighted by molar-refractivity contribution is 5.96. The number of benzene rings is 2. The number of aryl methyl sites for hydroxylation is 1. The molecule has 0 amide bonds. The van der Waals surface area contributed by atoms with Crippen molar-refractivity contribution in [2.24, 2.45) is 5.41 Å². The van der Waals surface area contributed by atoms with Crippen molar-refractivity contribution in [2.75, 3.05) is 23.3 Å². The molecule has 2 heterocycles. The Labute approximate surface area is 225 Å². The molecular weight excluding hydrogens is 476 g/mol. The fourth-order valence-electron chi connectivity index (χ4n) is 4.96. The summed E-state index contributed by atoms with van der Waals surface area (Å²) in [6, 6.07) is 11.0. The van der Waals surface area contributed by atoms with E-state index in [9.17, 15) is 9.59 Å². The SMILES string of the molecule is C=Cc1c(N2CCC(C)(C)CC2)oc2c([C@@H](C)Nc3ccccc3C(=O)OC(C)(C)C)cc(C)cc2c1=O. The lowest BCUT2D eigenvalue weighted by molar-refractivity contribution is 0.00706. The van der Waals surface area contributed by atoms with Gasteiger partial charge in [0.1, 0.15) is 11.2 Å². The first-order valence-electron chi connectivity index (χ1n) is 13.4. The first-order valence-corrected chi connectivity index (χ1v) is 13.4. The predicted molar refractivity (Wildman–Crippen MR) is 156 cm³/mol. The second-order valence-electron chi connectivity index (χ2n) is 12.1. The van der Waals surface area contributed by atoms with E-state index in [1.165, 1.54) is 0 Å². The monoisotopic (exact) mass is 516 g/mol. The summed E-state index contributed by atoms with van der Waals surface area (Å²) in [7, 11) is 0. The molecule has 6 heteroatoms. The first kappa shape index (κ1) is 27.5. The molecule has 1 atom stereocenters. The van der Waals surface area contributed by atoms with Gasteiger partial charge in [-0.3, -0.25) is 4.79 Å². The third kappa shape index (κ3) is 5.79. The molecule has 0 unspecified atom stereocenters. The van der Waals surface area contributed by atoms with Crippen LogP contribution in [-0.4, -0.2) is 24.7 Å². The number of anilines is 2. The van der Waals surface area contributed by atoms with Crippen molar-refractivity contribution >= 4 is 34.6 Å². The van der Waals surface area contributed by atoms with Gasteiger partial charge in [0.15, 0.2) is 0 Å². The number of nitrogens with zero attached hydrogens (tertiary/aromatic N) is 1. The van der Waals surface area contributed by atoms with E-state index >= 15 is 0 Å². The Hall–Kier alpha value is -3.54. The lowest BCUT2D eigenvalue weighted by atomic mass is 9.82. The molecule has 0 radical (unpaired) electrons. The van der Waals surface area contributed by atoms with Gasteiger partial charge in [-0.15, -0.1) is 0 Å². The van der Waals surface area contributed by atoms with Gasteiger partial charge < -0.3 is 19.4 Å². The molecule has 4 rings (SSSR count). The van der Waals surface area contributed by atoms with Gasteiger partial charge in [-0.05, 0) is 76.6 Å². The number of carbonyl (C=O) groups excluding carboxylic acids is 1. The Bertz CT molecular complexity index is 1420. The first-order chi connectivity index (χ1) is 17.8. The average Bonchev–Trinajstić information content (AvgIpc) is 2.83. The van der Waals surface area contributed by atoms with Crippen LogP contribution in [0.3, 0.4) is 0 Å². The maximum atomic E-state index is 13.7. The summed E-state index contributed by atoms with van der Waals surface area (Å²) in [5.41, 5.74) is 3.57. The summed E-state index contributed by atoms with van der Waals surface area (Å²) in [6.45, 7) is 19.6. The van der Waals surface area contributed by atoms with E-state index in [2.05, 4.69) is 30.6 Å². The van der Waals surface area contributed by atoms with Crippen molar-refractivity contribution in [3.8, 4) is 0 Å². The third-order valence-electron chi connectivity index (χ3n) is 7.17. The summed E-state index contributed by atoms with van der Waals surface area (Å²) < 4.78 is 12.2. The smallest absolute Gasteiger partial charge is 0.340 e. The zero-order valence-corrected chi connectivity index (χ0v) is 23.7. The summed E-state index contributed by atoms with van der Waals surface area (Å²) in [4.78, 5) is 28.8. The van der Waals surface area contributed by atoms with Gasteiger partial charge in [0.05, 0.1) is 22.6 Å². The van der Waals surface area contributed by atoms with Gasteiger partial charge in [-0.2, -0.15) is 0 Å². The molecule has 1 aromatic heterocycles. The zero-order valence-electron chi connectivity index (χ0n) is 23.7. The topological polar surface area (TPSA) is 71.8 Å². The van der Waals surface area contributed by atoms with E-state index in [0.717, 1.165) is 37.1 Å². The van der Waals surface area contributed by atoms with Crippen LogP contribution in [0.1, 0.15) is 87.5 Å². The minimum Gasteiger partial charge on any atom is -0.456 e. The Balaban J connectivity index is 1.77. The highest BCUT2D eigenvalue weighted by atomic mass is 16.6. The van der Waals surface area contributed by atoms with Crippen LogP contribution in [0, 0.1) is 12.3 Å². The molecular formula is C32H40N2O4. The molecule has 0 bridgehead atoms. The Morgan fingerprint density at radius 1 is 1.18 bits per heavy atom. The fraction of sp³-hybridized carbons (Fsp3) is 0.438. The number of ether oxygens (including phenoxy) is 1. The number of piperidine rings is 1. The van der Waals surface area contributed by atoms with Gasteiger partial charge in [-0.25, -0.2) is 4.79 Å². The predicted octanol–water partition coefficient (Wildman–Crippen LogP) is 7.50. The molecule has 2 aromatic carbocycles. The maximum Gasteiger partial charge on any atom is 0.340 e. The molecule has 0 saturated carbocycles. The zero-order chi connectivity index (χ0) is 27.8. The van der Waals surface area contributed by atoms with Crippen LogP contribution in [0.4, 0.5) is 11.6 Å². The molecule has 3 aromatic rings. The number of carbonyl (C=O) groups is 1. The van der Waals surface area contributed by atoms with Gasteiger partial charge in [0, 0.05) is 24.3 Å². The van der Waals surface area contributed by atoms with Crippen molar-refractivity contribution in [3.63, 3.8) is 0 Å². The van der Waals surface area contributed by atoms with E-state index in [-0.39, 0.29) is 22.9 Å².